The molecule has 2 aliphatic carbocycles. The Kier molecular flexibility index (Phi) is 4.45. The zero-order valence-electron chi connectivity index (χ0n) is 15.9. The van der Waals surface area contributed by atoms with E-state index < -0.39 is 6.23 Å². The van der Waals surface area contributed by atoms with Crippen molar-refractivity contribution in [3.8, 4) is 11.4 Å². The van der Waals surface area contributed by atoms with Gasteiger partial charge >= 0.3 is 0 Å². The van der Waals surface area contributed by atoms with Crippen LogP contribution in [0, 0.1) is 6.92 Å². The standard InChI is InChI=1S/C22H24N4O2/c1-13-11-17(9-10-23-13)21(27)24-19-8-6-15-12-16(5-7-18(15)19)20-25-22(28-26-20)14-3-2-4-14/h5,7,9-12,14,19,21,24,27H,2-4,6,8H2,1H3/t19-,21?/m1/s1. The van der Waals surface area contributed by atoms with Crippen molar-refractivity contribution in [1.29, 1.82) is 0 Å². The van der Waals surface area contributed by atoms with Crippen molar-refractivity contribution in [1.82, 2.24) is 20.4 Å². The van der Waals surface area contributed by atoms with E-state index in [4.69, 9.17) is 4.52 Å². The van der Waals surface area contributed by atoms with Crippen molar-refractivity contribution in [3.05, 3.63) is 64.8 Å². The lowest BCUT2D eigenvalue weighted by atomic mass is 9.85. The number of aliphatic hydroxyl groups is 1. The number of nitrogens with zero attached hydrogens (tertiary/aromatic N) is 3. The molecule has 0 radical (unpaired) electrons. The third-order valence-corrected chi connectivity index (χ3v) is 5.97. The number of rotatable bonds is 5. The number of fused-ring (bicyclic) bond motifs is 1. The van der Waals surface area contributed by atoms with Gasteiger partial charge < -0.3 is 9.63 Å². The maximum absolute atomic E-state index is 10.6. The van der Waals surface area contributed by atoms with Gasteiger partial charge in [-0.2, -0.15) is 4.98 Å². The molecule has 28 heavy (non-hydrogen) atoms. The van der Waals surface area contributed by atoms with Gasteiger partial charge in [-0.1, -0.05) is 23.7 Å². The molecule has 0 saturated heterocycles. The number of hydrogen-bond acceptors (Lipinski definition) is 6. The third kappa shape index (κ3) is 3.23. The van der Waals surface area contributed by atoms with E-state index in [9.17, 15) is 5.11 Å². The number of hydrogen-bond donors (Lipinski definition) is 2. The van der Waals surface area contributed by atoms with Gasteiger partial charge in [0.2, 0.25) is 11.7 Å². The Morgan fingerprint density at radius 2 is 2.07 bits per heavy atom. The van der Waals surface area contributed by atoms with Crippen LogP contribution in [0.25, 0.3) is 11.4 Å². The van der Waals surface area contributed by atoms with E-state index in [1.807, 2.05) is 19.1 Å². The van der Waals surface area contributed by atoms with E-state index in [1.54, 1.807) is 6.20 Å². The second-order valence-electron chi connectivity index (χ2n) is 7.89. The molecule has 0 amide bonds. The third-order valence-electron chi connectivity index (χ3n) is 5.97. The molecule has 2 N–H and O–H groups in total. The summed E-state index contributed by atoms with van der Waals surface area (Å²) in [5.41, 5.74) is 5.25. The monoisotopic (exact) mass is 376 g/mol. The molecular formula is C22H24N4O2. The van der Waals surface area contributed by atoms with Crippen molar-refractivity contribution in [3.63, 3.8) is 0 Å². The molecule has 2 heterocycles. The normalized spacial score (nSPS) is 20.0. The van der Waals surface area contributed by atoms with Crippen molar-refractivity contribution in [2.45, 2.75) is 57.2 Å². The highest BCUT2D eigenvalue weighted by molar-refractivity contribution is 5.58. The van der Waals surface area contributed by atoms with E-state index in [-0.39, 0.29) is 6.04 Å². The van der Waals surface area contributed by atoms with Crippen molar-refractivity contribution in [2.24, 2.45) is 0 Å². The molecule has 6 nitrogen and oxygen atoms in total. The number of aryl methyl sites for hydroxylation is 2. The fourth-order valence-electron chi connectivity index (χ4n) is 4.13. The summed E-state index contributed by atoms with van der Waals surface area (Å²) in [6.45, 7) is 1.93. The van der Waals surface area contributed by atoms with Crippen molar-refractivity contribution < 1.29 is 9.63 Å². The molecule has 3 aromatic rings. The summed E-state index contributed by atoms with van der Waals surface area (Å²) in [4.78, 5) is 8.80. The number of aromatic nitrogens is 3. The van der Waals surface area contributed by atoms with Gasteiger partial charge in [0.05, 0.1) is 0 Å². The van der Waals surface area contributed by atoms with Crippen LogP contribution in [-0.4, -0.2) is 20.2 Å². The average Bonchev–Trinajstić information content (AvgIpc) is 3.28. The fourth-order valence-corrected chi connectivity index (χ4v) is 4.13. The lowest BCUT2D eigenvalue weighted by Crippen LogP contribution is -2.25. The molecule has 2 atom stereocenters. The molecule has 1 aromatic carbocycles. The lowest BCUT2D eigenvalue weighted by Gasteiger charge is -2.20. The molecule has 2 aromatic heterocycles. The number of nitrogens with one attached hydrogen (secondary N) is 1. The molecule has 0 aliphatic heterocycles. The minimum atomic E-state index is -0.709. The summed E-state index contributed by atoms with van der Waals surface area (Å²) in [6, 6.07) is 10.2. The highest BCUT2D eigenvalue weighted by Gasteiger charge is 2.27. The Morgan fingerprint density at radius 3 is 2.86 bits per heavy atom. The molecule has 1 saturated carbocycles. The van der Waals surface area contributed by atoms with Crippen LogP contribution >= 0.6 is 0 Å². The van der Waals surface area contributed by atoms with Crippen LogP contribution in [0.15, 0.2) is 41.1 Å². The molecule has 0 bridgehead atoms. The first kappa shape index (κ1) is 17.5. The first-order valence-corrected chi connectivity index (χ1v) is 10.0. The Bertz CT molecular complexity index is 996. The predicted octanol–water partition coefficient (Wildman–Crippen LogP) is 3.98. The van der Waals surface area contributed by atoms with Crippen molar-refractivity contribution >= 4 is 0 Å². The highest BCUT2D eigenvalue weighted by atomic mass is 16.5. The van der Waals surface area contributed by atoms with Crippen molar-refractivity contribution in [2.75, 3.05) is 0 Å². The van der Waals surface area contributed by atoms with Crippen LogP contribution in [0.3, 0.4) is 0 Å². The number of pyridine rings is 1. The van der Waals surface area contributed by atoms with Gasteiger partial charge in [0.15, 0.2) is 0 Å². The first-order chi connectivity index (χ1) is 13.7. The average molecular weight is 376 g/mol. The molecule has 1 fully saturated rings. The fraction of sp³-hybridized carbons (Fsp3) is 0.409. The topological polar surface area (TPSA) is 84.1 Å². The maximum atomic E-state index is 10.6. The van der Waals surface area contributed by atoms with Gasteiger partial charge in [0.1, 0.15) is 6.23 Å². The van der Waals surface area contributed by atoms with E-state index in [1.165, 1.54) is 17.5 Å². The number of benzene rings is 1. The van der Waals surface area contributed by atoms with Gasteiger partial charge in [-0.25, -0.2) is 0 Å². The van der Waals surface area contributed by atoms with Crippen LogP contribution < -0.4 is 5.32 Å². The largest absolute Gasteiger partial charge is 0.374 e. The quantitative estimate of drug-likeness (QED) is 0.656. The van der Waals surface area contributed by atoms with E-state index in [2.05, 4.69) is 38.6 Å². The maximum Gasteiger partial charge on any atom is 0.230 e. The highest BCUT2D eigenvalue weighted by Crippen LogP contribution is 2.37. The van der Waals surface area contributed by atoms with Crippen LogP contribution in [-0.2, 0) is 6.42 Å². The summed E-state index contributed by atoms with van der Waals surface area (Å²) in [5, 5.41) is 18.1. The smallest absolute Gasteiger partial charge is 0.230 e. The summed E-state index contributed by atoms with van der Waals surface area (Å²) >= 11 is 0. The molecule has 144 valence electrons. The zero-order valence-corrected chi connectivity index (χ0v) is 15.9. The molecular weight excluding hydrogens is 352 g/mol. The van der Waals surface area contributed by atoms with Gasteiger partial charge in [-0.05, 0) is 67.5 Å². The van der Waals surface area contributed by atoms with Crippen LogP contribution in [0.1, 0.15) is 72.1 Å². The molecule has 1 unspecified atom stereocenters. The first-order valence-electron chi connectivity index (χ1n) is 10.0. The Morgan fingerprint density at radius 1 is 1.18 bits per heavy atom. The molecule has 0 spiro atoms. The van der Waals surface area contributed by atoms with E-state index in [0.29, 0.717) is 11.7 Å². The van der Waals surface area contributed by atoms with E-state index in [0.717, 1.165) is 48.4 Å². The van der Waals surface area contributed by atoms with E-state index >= 15 is 0 Å². The molecule has 2 aliphatic rings. The summed E-state index contributed by atoms with van der Waals surface area (Å²) in [5.74, 6) is 1.90. The summed E-state index contributed by atoms with van der Waals surface area (Å²) in [7, 11) is 0. The summed E-state index contributed by atoms with van der Waals surface area (Å²) < 4.78 is 5.46. The SMILES string of the molecule is Cc1cc(C(O)N[C@@H]2CCc3cc(-c4noc(C5CCC5)n4)ccc32)ccn1. The molecule has 6 heteroatoms. The van der Waals surface area contributed by atoms with Gasteiger partial charge in [-0.15, -0.1) is 0 Å². The minimum Gasteiger partial charge on any atom is -0.374 e. The van der Waals surface area contributed by atoms with Gasteiger partial charge in [-0.3, -0.25) is 10.3 Å². The molecule has 5 rings (SSSR count). The number of aliphatic hydroxyl groups excluding tert-OH is 1. The van der Waals surface area contributed by atoms with Crippen LogP contribution in [0.2, 0.25) is 0 Å². The second-order valence-corrected chi connectivity index (χ2v) is 7.89. The van der Waals surface area contributed by atoms with Crippen LogP contribution in [0.5, 0.6) is 0 Å². The van der Waals surface area contributed by atoms with Gasteiger partial charge in [0, 0.05) is 29.4 Å². The second kappa shape index (κ2) is 7.11. The van der Waals surface area contributed by atoms with Gasteiger partial charge in [0.25, 0.3) is 0 Å². The summed E-state index contributed by atoms with van der Waals surface area (Å²) in [6.07, 6.45) is 6.50. The van der Waals surface area contributed by atoms with Crippen LogP contribution in [0.4, 0.5) is 0 Å². The zero-order chi connectivity index (χ0) is 19.1. The Labute approximate surface area is 164 Å². The Balaban J connectivity index is 1.33. The predicted molar refractivity (Wildman–Crippen MR) is 104 cm³/mol. The Hall–Kier alpha value is -2.57. The minimum absolute atomic E-state index is 0.128. The lowest BCUT2D eigenvalue weighted by molar-refractivity contribution is 0.123.